The number of H-pyrrole nitrogens is 1. The van der Waals surface area contributed by atoms with E-state index in [1.807, 2.05) is 18.2 Å². The van der Waals surface area contributed by atoms with Crippen molar-refractivity contribution < 1.29 is 14.6 Å². The van der Waals surface area contributed by atoms with E-state index in [1.54, 1.807) is 13.3 Å². The van der Waals surface area contributed by atoms with Crippen molar-refractivity contribution in [3.63, 3.8) is 0 Å². The summed E-state index contributed by atoms with van der Waals surface area (Å²) in [7, 11) is 1.63. The lowest BCUT2D eigenvalue weighted by atomic mass is 10.1. The molecule has 0 amide bonds. The molecule has 0 unspecified atom stereocenters. The van der Waals surface area contributed by atoms with Gasteiger partial charge in [0, 0.05) is 24.2 Å². The van der Waals surface area contributed by atoms with Crippen molar-refractivity contribution in [3.8, 4) is 17.4 Å². The van der Waals surface area contributed by atoms with E-state index >= 15 is 0 Å². The standard InChI is InChI=1S/C19H23N3O3/c1-24-16-11-13-15(21-14-5-6-20-19(23)18(13)14)12-17(16)25-10-4-9-22-7-2-3-8-22/h5-6,11-12,21H,2-4,7-10H2,1H3,(H,20,23). The average molecular weight is 341 g/mol. The van der Waals surface area contributed by atoms with E-state index in [9.17, 15) is 5.11 Å². The smallest absolute Gasteiger partial charge is 0.221 e. The third-order valence-electron chi connectivity index (χ3n) is 4.85. The molecule has 4 rings (SSSR count). The number of benzene rings is 1. The van der Waals surface area contributed by atoms with E-state index in [2.05, 4.69) is 14.9 Å². The van der Waals surface area contributed by atoms with Crippen LogP contribution in [0.3, 0.4) is 0 Å². The van der Waals surface area contributed by atoms with Gasteiger partial charge < -0.3 is 24.5 Å². The second kappa shape index (κ2) is 6.80. The zero-order chi connectivity index (χ0) is 17.2. The maximum atomic E-state index is 10.1. The van der Waals surface area contributed by atoms with Gasteiger partial charge in [0.25, 0.3) is 0 Å². The zero-order valence-corrected chi connectivity index (χ0v) is 14.4. The Balaban J connectivity index is 1.55. The van der Waals surface area contributed by atoms with E-state index < -0.39 is 0 Å². The molecule has 3 aromatic rings. The van der Waals surface area contributed by atoms with Gasteiger partial charge in [-0.3, -0.25) is 0 Å². The molecule has 0 radical (unpaired) electrons. The van der Waals surface area contributed by atoms with Crippen LogP contribution in [0, 0.1) is 0 Å². The van der Waals surface area contributed by atoms with E-state index in [0.717, 1.165) is 35.1 Å². The van der Waals surface area contributed by atoms with Gasteiger partial charge in [-0.2, -0.15) is 0 Å². The highest BCUT2D eigenvalue weighted by molar-refractivity contribution is 6.10. The molecule has 1 saturated heterocycles. The third kappa shape index (κ3) is 3.09. The number of nitrogens with zero attached hydrogens (tertiary/aromatic N) is 2. The number of aromatic hydroxyl groups is 1. The Kier molecular flexibility index (Phi) is 4.36. The van der Waals surface area contributed by atoms with Crippen molar-refractivity contribution in [3.05, 3.63) is 24.4 Å². The SMILES string of the molecule is COc1cc2c(cc1OCCCN1CCCC1)[nH]c1ccnc(O)c12. The number of hydrogen-bond acceptors (Lipinski definition) is 5. The molecule has 0 aliphatic carbocycles. The zero-order valence-electron chi connectivity index (χ0n) is 14.4. The molecule has 2 aromatic heterocycles. The lowest BCUT2D eigenvalue weighted by Crippen LogP contribution is -2.21. The first-order valence-electron chi connectivity index (χ1n) is 8.79. The van der Waals surface area contributed by atoms with Crippen molar-refractivity contribution in [1.29, 1.82) is 0 Å². The van der Waals surface area contributed by atoms with Gasteiger partial charge >= 0.3 is 0 Å². The van der Waals surface area contributed by atoms with Gasteiger partial charge in [-0.05, 0) is 44.5 Å². The second-order valence-corrected chi connectivity index (χ2v) is 6.48. The van der Waals surface area contributed by atoms with Crippen molar-refractivity contribution in [2.75, 3.05) is 33.4 Å². The second-order valence-electron chi connectivity index (χ2n) is 6.48. The van der Waals surface area contributed by atoms with Crippen LogP contribution < -0.4 is 9.47 Å². The van der Waals surface area contributed by atoms with Crippen LogP contribution in [0.2, 0.25) is 0 Å². The van der Waals surface area contributed by atoms with Gasteiger partial charge in [-0.25, -0.2) is 4.98 Å². The summed E-state index contributed by atoms with van der Waals surface area (Å²) in [6.45, 7) is 4.16. The highest BCUT2D eigenvalue weighted by Crippen LogP contribution is 2.38. The first-order valence-corrected chi connectivity index (χ1v) is 8.79. The van der Waals surface area contributed by atoms with E-state index in [1.165, 1.54) is 25.9 Å². The summed E-state index contributed by atoms with van der Waals surface area (Å²) in [6.07, 6.45) is 5.21. The molecule has 0 saturated carbocycles. The minimum absolute atomic E-state index is 0.0186. The molecular weight excluding hydrogens is 318 g/mol. The van der Waals surface area contributed by atoms with Crippen LogP contribution >= 0.6 is 0 Å². The number of pyridine rings is 1. The van der Waals surface area contributed by atoms with Gasteiger partial charge in [0.15, 0.2) is 11.5 Å². The molecule has 1 aromatic carbocycles. The summed E-state index contributed by atoms with van der Waals surface area (Å²) in [4.78, 5) is 9.75. The van der Waals surface area contributed by atoms with Gasteiger partial charge in [-0.1, -0.05) is 0 Å². The van der Waals surface area contributed by atoms with Crippen molar-refractivity contribution in [1.82, 2.24) is 14.9 Å². The van der Waals surface area contributed by atoms with Gasteiger partial charge in [0.05, 0.1) is 30.1 Å². The molecule has 1 fully saturated rings. The fourth-order valence-electron chi connectivity index (χ4n) is 3.58. The Morgan fingerprint density at radius 3 is 2.84 bits per heavy atom. The van der Waals surface area contributed by atoms with Gasteiger partial charge in [0.1, 0.15) is 0 Å². The summed E-state index contributed by atoms with van der Waals surface area (Å²) >= 11 is 0. The molecule has 0 spiro atoms. The Labute approximate surface area is 146 Å². The Morgan fingerprint density at radius 2 is 2.04 bits per heavy atom. The highest BCUT2D eigenvalue weighted by atomic mass is 16.5. The quantitative estimate of drug-likeness (QED) is 0.673. The lowest BCUT2D eigenvalue weighted by Gasteiger charge is -2.15. The summed E-state index contributed by atoms with van der Waals surface area (Å²) < 4.78 is 11.5. The Bertz CT molecular complexity index is 884. The number of ether oxygens (including phenoxy) is 2. The van der Waals surface area contributed by atoms with Crippen LogP contribution in [-0.2, 0) is 0 Å². The molecule has 1 aliphatic heterocycles. The van der Waals surface area contributed by atoms with Crippen LogP contribution in [0.5, 0.6) is 17.4 Å². The molecule has 0 atom stereocenters. The van der Waals surface area contributed by atoms with Crippen LogP contribution in [0.4, 0.5) is 0 Å². The number of nitrogens with one attached hydrogen (secondary N) is 1. The monoisotopic (exact) mass is 341 g/mol. The van der Waals surface area contributed by atoms with E-state index in [0.29, 0.717) is 17.7 Å². The van der Waals surface area contributed by atoms with Crippen molar-refractivity contribution in [2.45, 2.75) is 19.3 Å². The Morgan fingerprint density at radius 1 is 1.20 bits per heavy atom. The molecule has 6 nitrogen and oxygen atoms in total. The minimum atomic E-state index is 0.0186. The highest BCUT2D eigenvalue weighted by Gasteiger charge is 2.15. The summed E-state index contributed by atoms with van der Waals surface area (Å²) in [5.41, 5.74) is 1.74. The average Bonchev–Trinajstić information content (AvgIpc) is 3.25. The largest absolute Gasteiger partial charge is 0.493 e. The predicted molar refractivity (Wildman–Crippen MR) is 97.6 cm³/mol. The number of fused-ring (bicyclic) bond motifs is 3. The molecule has 132 valence electrons. The topological polar surface area (TPSA) is 70.6 Å². The van der Waals surface area contributed by atoms with Crippen molar-refractivity contribution >= 4 is 21.8 Å². The third-order valence-corrected chi connectivity index (χ3v) is 4.85. The minimum Gasteiger partial charge on any atom is -0.493 e. The first-order chi connectivity index (χ1) is 12.3. The Hall–Kier alpha value is -2.47. The molecular formula is C19H23N3O3. The summed E-state index contributed by atoms with van der Waals surface area (Å²) in [6, 6.07) is 5.67. The number of methoxy groups -OCH3 is 1. The fraction of sp³-hybridized carbons (Fsp3) is 0.421. The van der Waals surface area contributed by atoms with Crippen LogP contribution in [0.15, 0.2) is 24.4 Å². The molecule has 1 aliphatic rings. The first kappa shape index (κ1) is 16.0. The summed E-state index contributed by atoms with van der Waals surface area (Å²) in [5.74, 6) is 1.40. The van der Waals surface area contributed by atoms with Gasteiger partial charge in [0.2, 0.25) is 5.88 Å². The molecule has 25 heavy (non-hydrogen) atoms. The molecule has 3 heterocycles. The normalized spacial score (nSPS) is 15.2. The summed E-state index contributed by atoms with van der Waals surface area (Å²) in [5, 5.41) is 11.6. The lowest BCUT2D eigenvalue weighted by molar-refractivity contribution is 0.254. The molecule has 0 bridgehead atoms. The maximum Gasteiger partial charge on any atom is 0.221 e. The van der Waals surface area contributed by atoms with Crippen LogP contribution in [0.1, 0.15) is 19.3 Å². The number of rotatable bonds is 6. The fourth-order valence-corrected chi connectivity index (χ4v) is 3.58. The maximum absolute atomic E-state index is 10.1. The molecule has 6 heteroatoms. The number of aromatic amines is 1. The predicted octanol–water partition coefficient (Wildman–Crippen LogP) is 3.30. The van der Waals surface area contributed by atoms with Gasteiger partial charge in [-0.15, -0.1) is 0 Å². The van der Waals surface area contributed by atoms with E-state index in [-0.39, 0.29) is 5.88 Å². The number of hydrogen-bond donors (Lipinski definition) is 2. The van der Waals surface area contributed by atoms with Crippen LogP contribution in [0.25, 0.3) is 21.8 Å². The number of likely N-dealkylation sites (tertiary alicyclic amines) is 1. The van der Waals surface area contributed by atoms with Crippen molar-refractivity contribution in [2.24, 2.45) is 0 Å². The van der Waals surface area contributed by atoms with Crippen LogP contribution in [-0.4, -0.2) is 53.3 Å². The molecule has 2 N–H and O–H groups in total. The van der Waals surface area contributed by atoms with E-state index in [4.69, 9.17) is 9.47 Å². The number of aromatic nitrogens is 2.